The highest BCUT2D eigenvalue weighted by atomic mass is 32.1. The molecule has 0 radical (unpaired) electrons. The van der Waals surface area contributed by atoms with E-state index in [9.17, 15) is 0 Å². The Morgan fingerprint density at radius 2 is 1.96 bits per heavy atom. The van der Waals surface area contributed by atoms with Crippen molar-refractivity contribution in [1.29, 1.82) is 0 Å². The SMILES string of the molecule is Cc1ncsc1C(c1ccccc1)n1cc(-c2cccnc2)nn1. The molecule has 1 atom stereocenters. The number of aryl methyl sites for hydroxylation is 1. The first-order valence-electron chi connectivity index (χ1n) is 7.60. The lowest BCUT2D eigenvalue weighted by Gasteiger charge is -2.16. The average molecular weight is 333 g/mol. The fourth-order valence-corrected chi connectivity index (χ4v) is 3.60. The molecule has 118 valence electrons. The Morgan fingerprint density at radius 3 is 2.67 bits per heavy atom. The molecule has 0 fully saturated rings. The Hall–Kier alpha value is -2.86. The van der Waals surface area contributed by atoms with E-state index in [2.05, 4.69) is 32.4 Å². The fraction of sp³-hybridized carbons (Fsp3) is 0.111. The lowest BCUT2D eigenvalue weighted by Crippen LogP contribution is -2.13. The fourth-order valence-electron chi connectivity index (χ4n) is 2.68. The minimum Gasteiger partial charge on any atom is -0.264 e. The van der Waals surface area contributed by atoms with Crippen LogP contribution >= 0.6 is 11.3 Å². The third-order valence-electron chi connectivity index (χ3n) is 3.88. The van der Waals surface area contributed by atoms with Crippen LogP contribution in [0.25, 0.3) is 11.3 Å². The van der Waals surface area contributed by atoms with Gasteiger partial charge in [-0.15, -0.1) is 16.4 Å². The Balaban J connectivity index is 1.81. The van der Waals surface area contributed by atoms with Crippen molar-refractivity contribution in [3.8, 4) is 11.3 Å². The van der Waals surface area contributed by atoms with Gasteiger partial charge in [0.25, 0.3) is 0 Å². The molecule has 1 aromatic carbocycles. The van der Waals surface area contributed by atoms with Gasteiger partial charge < -0.3 is 0 Å². The zero-order valence-corrected chi connectivity index (χ0v) is 13.9. The highest BCUT2D eigenvalue weighted by Gasteiger charge is 2.22. The first-order valence-corrected chi connectivity index (χ1v) is 8.48. The quantitative estimate of drug-likeness (QED) is 0.571. The zero-order valence-electron chi connectivity index (χ0n) is 13.1. The van der Waals surface area contributed by atoms with Gasteiger partial charge in [-0.2, -0.15) is 0 Å². The maximum absolute atomic E-state index is 4.40. The molecule has 0 spiro atoms. The highest BCUT2D eigenvalue weighted by Crippen LogP contribution is 2.31. The van der Waals surface area contributed by atoms with Crippen molar-refractivity contribution in [2.45, 2.75) is 13.0 Å². The number of hydrogen-bond acceptors (Lipinski definition) is 5. The van der Waals surface area contributed by atoms with Crippen LogP contribution in [0.5, 0.6) is 0 Å². The van der Waals surface area contributed by atoms with Gasteiger partial charge in [0.15, 0.2) is 0 Å². The number of thiazole rings is 1. The zero-order chi connectivity index (χ0) is 16.4. The average Bonchev–Trinajstić information content (AvgIpc) is 3.28. The molecule has 0 saturated heterocycles. The maximum atomic E-state index is 4.40. The Labute approximate surface area is 143 Å². The van der Waals surface area contributed by atoms with Gasteiger partial charge in [-0.1, -0.05) is 35.5 Å². The Bertz CT molecular complexity index is 930. The smallest absolute Gasteiger partial charge is 0.115 e. The molecular weight excluding hydrogens is 318 g/mol. The van der Waals surface area contributed by atoms with Crippen LogP contribution in [0.3, 0.4) is 0 Å². The summed E-state index contributed by atoms with van der Waals surface area (Å²) in [5.41, 5.74) is 5.82. The molecule has 24 heavy (non-hydrogen) atoms. The third kappa shape index (κ3) is 2.72. The number of pyridine rings is 1. The Kier molecular flexibility index (Phi) is 3.88. The van der Waals surface area contributed by atoms with Gasteiger partial charge in [0.05, 0.1) is 22.3 Å². The largest absolute Gasteiger partial charge is 0.264 e. The monoisotopic (exact) mass is 333 g/mol. The molecule has 4 rings (SSSR count). The normalized spacial score (nSPS) is 12.2. The number of benzene rings is 1. The molecule has 5 nitrogen and oxygen atoms in total. The lowest BCUT2D eigenvalue weighted by molar-refractivity contribution is 0.575. The van der Waals surface area contributed by atoms with Gasteiger partial charge in [-0.3, -0.25) is 4.98 Å². The maximum Gasteiger partial charge on any atom is 0.115 e. The van der Waals surface area contributed by atoms with E-state index >= 15 is 0 Å². The summed E-state index contributed by atoms with van der Waals surface area (Å²) in [4.78, 5) is 9.72. The van der Waals surface area contributed by atoms with Crippen LogP contribution in [-0.2, 0) is 0 Å². The van der Waals surface area contributed by atoms with Gasteiger partial charge in [0, 0.05) is 18.0 Å². The van der Waals surface area contributed by atoms with E-state index in [1.54, 1.807) is 23.7 Å². The van der Waals surface area contributed by atoms with Crippen LogP contribution in [0.4, 0.5) is 0 Å². The molecule has 4 aromatic rings. The van der Waals surface area contributed by atoms with Crippen molar-refractivity contribution in [3.63, 3.8) is 0 Å². The summed E-state index contributed by atoms with van der Waals surface area (Å²) in [6.07, 6.45) is 5.51. The minimum atomic E-state index is -0.0309. The standard InChI is InChI=1S/C18H15N5S/c1-13-18(24-12-20-13)17(14-6-3-2-4-7-14)23-11-16(21-22-23)15-8-5-9-19-10-15/h2-12,17H,1H3. The van der Waals surface area contributed by atoms with Crippen LogP contribution in [0.15, 0.2) is 66.6 Å². The summed E-state index contributed by atoms with van der Waals surface area (Å²) in [6, 6.07) is 14.2. The van der Waals surface area contributed by atoms with Crippen LogP contribution in [0, 0.1) is 6.92 Å². The molecule has 0 aliphatic rings. The summed E-state index contributed by atoms with van der Waals surface area (Å²) >= 11 is 1.64. The molecule has 0 N–H and O–H groups in total. The molecule has 0 aliphatic carbocycles. The van der Waals surface area contributed by atoms with Gasteiger partial charge in [-0.25, -0.2) is 9.67 Å². The predicted octanol–water partition coefficient (Wildman–Crippen LogP) is 3.74. The number of hydrogen-bond donors (Lipinski definition) is 0. The molecule has 6 heteroatoms. The van der Waals surface area contributed by atoms with Crippen LogP contribution in [-0.4, -0.2) is 25.0 Å². The lowest BCUT2D eigenvalue weighted by atomic mass is 10.0. The summed E-state index contributed by atoms with van der Waals surface area (Å²) in [5.74, 6) is 0. The van der Waals surface area contributed by atoms with E-state index in [1.807, 2.05) is 53.6 Å². The van der Waals surface area contributed by atoms with Crippen LogP contribution in [0.2, 0.25) is 0 Å². The van der Waals surface area contributed by atoms with Crippen molar-refractivity contribution in [2.75, 3.05) is 0 Å². The second-order valence-corrected chi connectivity index (χ2v) is 6.33. The van der Waals surface area contributed by atoms with Gasteiger partial charge in [-0.05, 0) is 24.6 Å². The summed E-state index contributed by atoms with van der Waals surface area (Å²) in [7, 11) is 0. The van der Waals surface area contributed by atoms with E-state index in [4.69, 9.17) is 0 Å². The predicted molar refractivity (Wildman–Crippen MR) is 93.8 cm³/mol. The first kappa shape index (κ1) is 14.7. The van der Waals surface area contributed by atoms with E-state index in [0.717, 1.165) is 22.5 Å². The van der Waals surface area contributed by atoms with Crippen LogP contribution < -0.4 is 0 Å². The second-order valence-electron chi connectivity index (χ2n) is 5.44. The molecular formula is C18H15N5S. The topological polar surface area (TPSA) is 56.5 Å². The van der Waals surface area contributed by atoms with Gasteiger partial charge in [0.1, 0.15) is 11.7 Å². The van der Waals surface area contributed by atoms with Crippen molar-refractivity contribution < 1.29 is 0 Å². The molecule has 1 unspecified atom stereocenters. The first-order chi connectivity index (χ1) is 11.8. The van der Waals surface area contributed by atoms with Crippen molar-refractivity contribution in [2.24, 2.45) is 0 Å². The van der Waals surface area contributed by atoms with Gasteiger partial charge >= 0.3 is 0 Å². The number of aromatic nitrogens is 5. The molecule has 0 saturated carbocycles. The number of rotatable bonds is 4. The van der Waals surface area contributed by atoms with Crippen molar-refractivity contribution in [3.05, 3.63) is 82.7 Å². The van der Waals surface area contributed by atoms with Gasteiger partial charge in [0.2, 0.25) is 0 Å². The van der Waals surface area contributed by atoms with E-state index in [1.165, 1.54) is 4.88 Å². The van der Waals surface area contributed by atoms with Crippen molar-refractivity contribution in [1.82, 2.24) is 25.0 Å². The van der Waals surface area contributed by atoms with E-state index < -0.39 is 0 Å². The number of nitrogens with zero attached hydrogens (tertiary/aromatic N) is 5. The second kappa shape index (κ2) is 6.33. The summed E-state index contributed by atoms with van der Waals surface area (Å²) < 4.78 is 1.90. The molecule has 3 heterocycles. The summed E-state index contributed by atoms with van der Waals surface area (Å²) in [6.45, 7) is 2.03. The molecule has 3 aromatic heterocycles. The Morgan fingerprint density at radius 1 is 1.08 bits per heavy atom. The summed E-state index contributed by atoms with van der Waals surface area (Å²) in [5, 5.41) is 8.71. The third-order valence-corrected chi connectivity index (χ3v) is 4.86. The molecule has 0 bridgehead atoms. The van der Waals surface area contributed by atoms with E-state index in [-0.39, 0.29) is 6.04 Å². The molecule has 0 amide bonds. The van der Waals surface area contributed by atoms with E-state index in [0.29, 0.717) is 0 Å². The van der Waals surface area contributed by atoms with Crippen LogP contribution in [0.1, 0.15) is 22.2 Å². The van der Waals surface area contributed by atoms with Crippen molar-refractivity contribution >= 4 is 11.3 Å². The minimum absolute atomic E-state index is 0.0309. The highest BCUT2D eigenvalue weighted by molar-refractivity contribution is 7.09. The molecule has 0 aliphatic heterocycles.